The van der Waals surface area contributed by atoms with Crippen LogP contribution in [0.2, 0.25) is 0 Å². The van der Waals surface area contributed by atoms with Gasteiger partial charge in [0.15, 0.2) is 0 Å². The van der Waals surface area contributed by atoms with Crippen LogP contribution >= 0.6 is 0 Å². The predicted molar refractivity (Wildman–Crippen MR) is 39.2 cm³/mol. The van der Waals surface area contributed by atoms with Crippen LogP contribution in [0.15, 0.2) is 17.6 Å². The molecule has 0 aliphatic rings. The zero-order valence-corrected chi connectivity index (χ0v) is 5.82. The van der Waals surface area contributed by atoms with Crippen molar-refractivity contribution in [2.24, 2.45) is 10.7 Å². The topological polar surface area (TPSA) is 81.8 Å². The summed E-state index contributed by atoms with van der Waals surface area (Å²) in [5.74, 6) is -0.569. The standard InChI is InChI=1S/C6H8N2O3/c1-2-5(9)11-4-3-8-6(7)10/h2-3H,1,4H2,(H2,7,10). The molecule has 5 heteroatoms. The molecule has 0 saturated carbocycles. The molecule has 0 heterocycles. The van der Waals surface area contributed by atoms with Gasteiger partial charge in [0, 0.05) is 12.3 Å². The first-order chi connectivity index (χ1) is 5.16. The highest BCUT2D eigenvalue weighted by molar-refractivity contribution is 5.85. The molecule has 0 spiro atoms. The maximum absolute atomic E-state index is 10.3. The Balaban J connectivity index is 3.49. The molecule has 0 atom stereocenters. The number of urea groups is 1. The van der Waals surface area contributed by atoms with Gasteiger partial charge >= 0.3 is 12.0 Å². The van der Waals surface area contributed by atoms with E-state index in [1.54, 1.807) is 0 Å². The van der Waals surface area contributed by atoms with Crippen molar-refractivity contribution < 1.29 is 14.3 Å². The summed E-state index contributed by atoms with van der Waals surface area (Å²) in [6, 6.07) is -0.820. The molecular formula is C6H8N2O3. The monoisotopic (exact) mass is 156 g/mol. The first kappa shape index (κ1) is 9.35. The minimum Gasteiger partial charge on any atom is -0.457 e. The molecule has 11 heavy (non-hydrogen) atoms. The summed E-state index contributed by atoms with van der Waals surface area (Å²) >= 11 is 0. The van der Waals surface area contributed by atoms with Crippen molar-refractivity contribution in [1.29, 1.82) is 0 Å². The fourth-order valence-corrected chi connectivity index (χ4v) is 0.306. The Morgan fingerprint density at radius 2 is 2.27 bits per heavy atom. The number of ether oxygens (including phenoxy) is 1. The van der Waals surface area contributed by atoms with E-state index >= 15 is 0 Å². The highest BCUT2D eigenvalue weighted by Gasteiger charge is 1.91. The van der Waals surface area contributed by atoms with E-state index < -0.39 is 12.0 Å². The van der Waals surface area contributed by atoms with Crippen molar-refractivity contribution in [3.05, 3.63) is 12.7 Å². The van der Waals surface area contributed by atoms with E-state index in [0.717, 1.165) is 12.3 Å². The SMILES string of the molecule is C=CC(=O)OCC=NC(N)=O. The molecule has 0 bridgehead atoms. The Kier molecular flexibility index (Phi) is 4.39. The van der Waals surface area contributed by atoms with Gasteiger partial charge in [-0.15, -0.1) is 0 Å². The van der Waals surface area contributed by atoms with Crippen LogP contribution < -0.4 is 5.73 Å². The van der Waals surface area contributed by atoms with Gasteiger partial charge in [-0.3, -0.25) is 0 Å². The van der Waals surface area contributed by atoms with Crippen LogP contribution in [-0.2, 0) is 9.53 Å². The predicted octanol–water partition coefficient (Wildman–Crippen LogP) is -0.135. The van der Waals surface area contributed by atoms with Crippen LogP contribution in [0.25, 0.3) is 0 Å². The second kappa shape index (κ2) is 5.16. The van der Waals surface area contributed by atoms with Gasteiger partial charge in [-0.2, -0.15) is 0 Å². The van der Waals surface area contributed by atoms with E-state index in [4.69, 9.17) is 0 Å². The molecular weight excluding hydrogens is 148 g/mol. The van der Waals surface area contributed by atoms with E-state index in [1.807, 2.05) is 0 Å². The number of nitrogens with zero attached hydrogens (tertiary/aromatic N) is 1. The second-order valence-electron chi connectivity index (χ2n) is 1.48. The highest BCUT2D eigenvalue weighted by atomic mass is 16.5. The molecule has 2 N–H and O–H groups in total. The third-order valence-corrected chi connectivity index (χ3v) is 0.685. The summed E-state index contributed by atoms with van der Waals surface area (Å²) in [6.07, 6.45) is 2.11. The Morgan fingerprint density at radius 1 is 1.64 bits per heavy atom. The van der Waals surface area contributed by atoms with Crippen molar-refractivity contribution in [2.45, 2.75) is 0 Å². The zero-order valence-electron chi connectivity index (χ0n) is 5.82. The lowest BCUT2D eigenvalue weighted by atomic mass is 10.6. The van der Waals surface area contributed by atoms with Gasteiger partial charge in [0.1, 0.15) is 6.61 Å². The van der Waals surface area contributed by atoms with Crippen molar-refractivity contribution >= 4 is 18.2 Å². The van der Waals surface area contributed by atoms with Gasteiger partial charge < -0.3 is 10.5 Å². The average Bonchev–Trinajstić information content (AvgIpc) is 1.97. The normalized spacial score (nSPS) is 9.45. The molecule has 0 aromatic carbocycles. The molecule has 0 radical (unpaired) electrons. The van der Waals surface area contributed by atoms with Crippen LogP contribution in [0.4, 0.5) is 4.79 Å². The van der Waals surface area contributed by atoms with Gasteiger partial charge in [0.25, 0.3) is 0 Å². The fourth-order valence-electron chi connectivity index (χ4n) is 0.306. The number of hydrogen-bond acceptors (Lipinski definition) is 3. The minimum atomic E-state index is -0.820. The van der Waals surface area contributed by atoms with Gasteiger partial charge in [-0.05, 0) is 0 Å². The Labute approximate surface area is 63.5 Å². The lowest BCUT2D eigenvalue weighted by molar-refractivity contribution is -0.135. The number of rotatable bonds is 3. The number of carbonyl (C=O) groups excluding carboxylic acids is 2. The second-order valence-corrected chi connectivity index (χ2v) is 1.48. The molecule has 0 aromatic rings. The quantitative estimate of drug-likeness (QED) is 0.351. The molecule has 0 saturated heterocycles. The largest absolute Gasteiger partial charge is 0.457 e. The van der Waals surface area contributed by atoms with Crippen molar-refractivity contribution in [2.75, 3.05) is 6.61 Å². The van der Waals surface area contributed by atoms with Crippen LogP contribution in [-0.4, -0.2) is 24.8 Å². The molecule has 0 unspecified atom stereocenters. The van der Waals surface area contributed by atoms with Crippen LogP contribution in [0, 0.1) is 0 Å². The summed E-state index contributed by atoms with van der Waals surface area (Å²) in [5.41, 5.74) is 4.64. The molecule has 5 nitrogen and oxygen atoms in total. The number of hydrogen-bond donors (Lipinski definition) is 1. The van der Waals surface area contributed by atoms with Gasteiger partial charge in [-0.1, -0.05) is 6.58 Å². The third kappa shape index (κ3) is 6.23. The minimum absolute atomic E-state index is 0.0756. The third-order valence-electron chi connectivity index (χ3n) is 0.685. The molecule has 0 fully saturated rings. The summed E-state index contributed by atoms with van der Waals surface area (Å²) in [5, 5.41) is 0. The Morgan fingerprint density at radius 3 is 2.73 bits per heavy atom. The summed E-state index contributed by atoms with van der Waals surface area (Å²) in [7, 11) is 0. The van der Waals surface area contributed by atoms with Crippen molar-refractivity contribution in [1.82, 2.24) is 0 Å². The van der Waals surface area contributed by atoms with Gasteiger partial charge in [0.05, 0.1) is 0 Å². The molecule has 0 rings (SSSR count). The fraction of sp³-hybridized carbons (Fsp3) is 0.167. The van der Waals surface area contributed by atoms with E-state index in [-0.39, 0.29) is 6.61 Å². The lowest BCUT2D eigenvalue weighted by Gasteiger charge is -1.92. The van der Waals surface area contributed by atoms with Crippen LogP contribution in [0.5, 0.6) is 0 Å². The molecule has 0 aromatic heterocycles. The van der Waals surface area contributed by atoms with Gasteiger partial charge in [0.2, 0.25) is 0 Å². The summed E-state index contributed by atoms with van der Waals surface area (Å²) in [6.45, 7) is 3.09. The number of nitrogens with two attached hydrogens (primary N) is 1. The number of carbonyl (C=O) groups is 2. The summed E-state index contributed by atoms with van der Waals surface area (Å²) in [4.78, 5) is 23.4. The maximum atomic E-state index is 10.3. The van der Waals surface area contributed by atoms with E-state index in [1.165, 1.54) is 0 Å². The average molecular weight is 156 g/mol. The van der Waals surface area contributed by atoms with E-state index in [0.29, 0.717) is 0 Å². The van der Waals surface area contributed by atoms with Gasteiger partial charge in [-0.25, -0.2) is 14.6 Å². The smallest absolute Gasteiger partial charge is 0.338 e. The van der Waals surface area contributed by atoms with E-state index in [2.05, 4.69) is 22.0 Å². The number of primary amides is 1. The van der Waals surface area contributed by atoms with Crippen molar-refractivity contribution in [3.8, 4) is 0 Å². The van der Waals surface area contributed by atoms with Crippen LogP contribution in [0.1, 0.15) is 0 Å². The molecule has 60 valence electrons. The highest BCUT2D eigenvalue weighted by Crippen LogP contribution is 1.76. The lowest BCUT2D eigenvalue weighted by Crippen LogP contribution is -2.07. The van der Waals surface area contributed by atoms with Crippen molar-refractivity contribution in [3.63, 3.8) is 0 Å². The summed E-state index contributed by atoms with van der Waals surface area (Å²) < 4.78 is 4.43. The number of esters is 1. The van der Waals surface area contributed by atoms with E-state index in [9.17, 15) is 9.59 Å². The van der Waals surface area contributed by atoms with Crippen LogP contribution in [0.3, 0.4) is 0 Å². The first-order valence-electron chi connectivity index (χ1n) is 2.78. The Bertz CT molecular complexity index is 198. The number of aliphatic imine (C=N–C) groups is 1. The molecule has 0 aliphatic heterocycles. The first-order valence-corrected chi connectivity index (χ1v) is 2.78. The number of amides is 2. The molecule has 2 amide bonds. The maximum Gasteiger partial charge on any atom is 0.338 e. The Hall–Kier alpha value is -1.65. The zero-order chi connectivity index (χ0) is 8.69. The molecule has 0 aliphatic carbocycles.